The highest BCUT2D eigenvalue weighted by Crippen LogP contribution is 2.29. The van der Waals surface area contributed by atoms with Crippen LogP contribution in [0, 0.1) is 0 Å². The number of hydrogen-bond acceptors (Lipinski definition) is 6. The molecule has 0 aliphatic carbocycles. The second-order valence-electron chi connectivity index (χ2n) is 8.36. The highest BCUT2D eigenvalue weighted by molar-refractivity contribution is 7.14. The smallest absolute Gasteiger partial charge is 0.232 e. The number of carbonyl (C=O) groups is 2. The van der Waals surface area contributed by atoms with E-state index in [9.17, 15) is 9.59 Å². The second-order valence-corrected chi connectivity index (χ2v) is 10.1. The summed E-state index contributed by atoms with van der Waals surface area (Å²) in [6.45, 7) is 7.27. The molecular formula is C22H24N4O2S2. The zero-order valence-corrected chi connectivity index (χ0v) is 18.9. The third-order valence-corrected chi connectivity index (χ3v) is 6.65. The van der Waals surface area contributed by atoms with Crippen molar-refractivity contribution in [3.8, 4) is 11.3 Å². The van der Waals surface area contributed by atoms with E-state index in [1.807, 2.05) is 10.8 Å². The third-order valence-electron chi connectivity index (χ3n) is 4.98. The summed E-state index contributed by atoms with van der Waals surface area (Å²) < 4.78 is 0. The van der Waals surface area contributed by atoms with Crippen LogP contribution in [0.5, 0.6) is 0 Å². The van der Waals surface area contributed by atoms with Crippen LogP contribution in [-0.4, -0.2) is 28.3 Å². The monoisotopic (exact) mass is 440 g/mol. The minimum atomic E-state index is -0.163. The number of carbonyl (C=O) groups excluding carboxylic acids is 2. The maximum atomic E-state index is 12.4. The summed E-state index contributed by atoms with van der Waals surface area (Å²) in [6.07, 6.45) is 1.59. The molecule has 2 aromatic heterocycles. The third kappa shape index (κ3) is 4.60. The quantitative estimate of drug-likeness (QED) is 0.614. The number of benzene rings is 1. The van der Waals surface area contributed by atoms with Crippen LogP contribution in [-0.2, 0) is 21.4 Å². The maximum Gasteiger partial charge on any atom is 0.232 e. The molecule has 30 heavy (non-hydrogen) atoms. The van der Waals surface area contributed by atoms with Gasteiger partial charge in [0.1, 0.15) is 0 Å². The van der Waals surface area contributed by atoms with E-state index in [1.54, 1.807) is 4.90 Å². The number of anilines is 2. The lowest BCUT2D eigenvalue weighted by Crippen LogP contribution is -2.23. The molecule has 0 atom stereocenters. The Morgan fingerprint density at radius 2 is 1.90 bits per heavy atom. The summed E-state index contributed by atoms with van der Waals surface area (Å²) in [7, 11) is 0. The minimum Gasteiger partial charge on any atom is -0.302 e. The van der Waals surface area contributed by atoms with E-state index < -0.39 is 0 Å². The van der Waals surface area contributed by atoms with Gasteiger partial charge in [0.05, 0.1) is 17.8 Å². The average molecular weight is 441 g/mol. The molecule has 0 unspecified atom stereocenters. The molecule has 4 rings (SSSR count). The Bertz CT molecular complexity index is 1060. The summed E-state index contributed by atoms with van der Waals surface area (Å²) in [5.41, 5.74) is 3.92. The van der Waals surface area contributed by atoms with Crippen LogP contribution in [0.1, 0.15) is 44.9 Å². The Hall–Kier alpha value is -2.58. The van der Waals surface area contributed by atoms with Crippen LogP contribution in [0.2, 0.25) is 0 Å². The van der Waals surface area contributed by atoms with Gasteiger partial charge in [-0.3, -0.25) is 14.5 Å². The fraction of sp³-hybridized carbons (Fsp3) is 0.364. The first kappa shape index (κ1) is 20.7. The number of nitrogens with zero attached hydrogens (tertiary/aromatic N) is 3. The van der Waals surface area contributed by atoms with Crippen molar-refractivity contribution in [1.82, 2.24) is 9.97 Å². The molecule has 1 saturated heterocycles. The Morgan fingerprint density at radius 1 is 1.13 bits per heavy atom. The van der Waals surface area contributed by atoms with Crippen LogP contribution in [0.25, 0.3) is 11.3 Å². The van der Waals surface area contributed by atoms with Crippen molar-refractivity contribution in [3.63, 3.8) is 0 Å². The van der Waals surface area contributed by atoms with Crippen molar-refractivity contribution in [2.75, 3.05) is 16.8 Å². The molecule has 0 saturated carbocycles. The van der Waals surface area contributed by atoms with Gasteiger partial charge in [-0.05, 0) is 17.4 Å². The molecule has 1 fully saturated rings. The maximum absolute atomic E-state index is 12.4. The van der Waals surface area contributed by atoms with Crippen molar-refractivity contribution in [2.45, 2.75) is 45.4 Å². The topological polar surface area (TPSA) is 75.2 Å². The molecule has 1 N–H and O–H groups in total. The van der Waals surface area contributed by atoms with Crippen LogP contribution in [0.3, 0.4) is 0 Å². The molecule has 6 nitrogen and oxygen atoms in total. The van der Waals surface area contributed by atoms with Crippen molar-refractivity contribution in [1.29, 1.82) is 0 Å². The van der Waals surface area contributed by atoms with E-state index in [0.29, 0.717) is 28.9 Å². The van der Waals surface area contributed by atoms with E-state index in [0.717, 1.165) is 17.7 Å². The van der Waals surface area contributed by atoms with Gasteiger partial charge >= 0.3 is 0 Å². The fourth-order valence-corrected chi connectivity index (χ4v) is 4.89. The molecule has 2 amide bonds. The first-order chi connectivity index (χ1) is 14.3. The van der Waals surface area contributed by atoms with Crippen LogP contribution in [0.15, 0.2) is 35.0 Å². The molecule has 1 aliphatic heterocycles. The first-order valence-electron chi connectivity index (χ1n) is 9.91. The van der Waals surface area contributed by atoms with Gasteiger partial charge in [0.2, 0.25) is 11.8 Å². The zero-order valence-electron chi connectivity index (χ0n) is 17.3. The number of rotatable bonds is 5. The predicted molar refractivity (Wildman–Crippen MR) is 122 cm³/mol. The molecule has 0 spiro atoms. The van der Waals surface area contributed by atoms with Crippen LogP contribution < -0.4 is 10.2 Å². The van der Waals surface area contributed by atoms with Gasteiger partial charge in [-0.15, -0.1) is 22.7 Å². The van der Waals surface area contributed by atoms with E-state index in [4.69, 9.17) is 0 Å². The molecule has 156 valence electrons. The van der Waals surface area contributed by atoms with Gasteiger partial charge in [0.15, 0.2) is 10.3 Å². The number of hydrogen-bond donors (Lipinski definition) is 1. The Morgan fingerprint density at radius 3 is 2.57 bits per heavy atom. The lowest BCUT2D eigenvalue weighted by atomic mass is 9.86. The summed E-state index contributed by atoms with van der Waals surface area (Å²) >= 11 is 2.81. The molecule has 0 bridgehead atoms. The van der Waals surface area contributed by atoms with E-state index in [1.165, 1.54) is 28.2 Å². The molecule has 1 aromatic carbocycles. The lowest BCUT2D eigenvalue weighted by molar-refractivity contribution is -0.117. The van der Waals surface area contributed by atoms with E-state index >= 15 is 0 Å². The molecule has 8 heteroatoms. The average Bonchev–Trinajstić information content (AvgIpc) is 3.42. The predicted octanol–water partition coefficient (Wildman–Crippen LogP) is 4.87. The van der Waals surface area contributed by atoms with E-state index in [-0.39, 0.29) is 23.7 Å². The summed E-state index contributed by atoms with van der Waals surface area (Å²) in [5, 5.41) is 7.89. The summed E-state index contributed by atoms with van der Waals surface area (Å²) in [5.74, 6) is -0.0604. The van der Waals surface area contributed by atoms with Crippen molar-refractivity contribution in [2.24, 2.45) is 0 Å². The van der Waals surface area contributed by atoms with Crippen molar-refractivity contribution < 1.29 is 9.59 Å². The Labute approximate surface area is 184 Å². The first-order valence-corrected chi connectivity index (χ1v) is 11.7. The molecule has 3 aromatic rings. The van der Waals surface area contributed by atoms with Gasteiger partial charge in [-0.25, -0.2) is 9.97 Å². The number of nitrogens with one attached hydrogen (secondary N) is 1. The van der Waals surface area contributed by atoms with Crippen LogP contribution >= 0.6 is 22.7 Å². The number of thiazole rings is 2. The van der Waals surface area contributed by atoms with Crippen LogP contribution in [0.4, 0.5) is 10.3 Å². The Balaban J connectivity index is 1.37. The largest absolute Gasteiger partial charge is 0.302 e. The minimum absolute atomic E-state index is 0.103. The molecular weight excluding hydrogens is 416 g/mol. The van der Waals surface area contributed by atoms with Gasteiger partial charge in [0.25, 0.3) is 0 Å². The van der Waals surface area contributed by atoms with Gasteiger partial charge in [-0.1, -0.05) is 45.0 Å². The Kier molecular flexibility index (Phi) is 5.71. The highest BCUT2D eigenvalue weighted by Gasteiger charge is 2.24. The molecule has 1 aliphatic rings. The lowest BCUT2D eigenvalue weighted by Gasteiger charge is -2.18. The van der Waals surface area contributed by atoms with Crippen molar-refractivity contribution in [3.05, 3.63) is 46.3 Å². The van der Waals surface area contributed by atoms with Crippen molar-refractivity contribution >= 4 is 44.8 Å². The normalized spacial score (nSPS) is 14.4. The van der Waals surface area contributed by atoms with Gasteiger partial charge in [-0.2, -0.15) is 0 Å². The summed E-state index contributed by atoms with van der Waals surface area (Å²) in [6, 6.07) is 8.38. The molecule has 3 heterocycles. The second kappa shape index (κ2) is 8.28. The fourth-order valence-electron chi connectivity index (χ4n) is 3.28. The standard InChI is InChI=1S/C22H24N4O2S2/c1-22(2,3)15-8-6-14(7-9-15)17-13-29-20(24-17)25-18(27)11-16-12-30-21(23-16)26-10-4-5-19(26)28/h6-9,12-13H,4-5,10-11H2,1-3H3,(H,24,25,27). The van der Waals surface area contributed by atoms with Gasteiger partial charge < -0.3 is 5.32 Å². The number of amides is 2. The highest BCUT2D eigenvalue weighted by atomic mass is 32.1. The summed E-state index contributed by atoms with van der Waals surface area (Å²) in [4.78, 5) is 35.0. The zero-order chi connectivity index (χ0) is 21.3. The molecule has 0 radical (unpaired) electrons. The SMILES string of the molecule is CC(C)(C)c1ccc(-c2csc(NC(=O)Cc3csc(N4CCCC4=O)n3)n2)cc1. The van der Waals surface area contributed by atoms with E-state index in [2.05, 4.69) is 60.3 Å². The van der Waals surface area contributed by atoms with Gasteiger partial charge in [0, 0.05) is 29.3 Å². The number of aromatic nitrogens is 2.